The van der Waals surface area contributed by atoms with E-state index < -0.39 is 16.2 Å². The highest BCUT2D eigenvalue weighted by Crippen LogP contribution is 2.38. The molecule has 0 fully saturated rings. The lowest BCUT2D eigenvalue weighted by Gasteiger charge is -2.14. The average molecular weight is 554 g/mol. The molecule has 2 aromatic heterocycles. The molecular weight excluding hydrogens is 531 g/mol. The Kier molecular flexibility index (Phi) is 6.55. The van der Waals surface area contributed by atoms with E-state index in [1.807, 2.05) is 38.1 Å². The van der Waals surface area contributed by atoms with Crippen molar-refractivity contribution in [3.05, 3.63) is 90.6 Å². The summed E-state index contributed by atoms with van der Waals surface area (Å²) in [5.74, 6) is 0.00976. The Labute approximate surface area is 222 Å². The maximum Gasteiger partial charge on any atom is 0.573 e. The standard InChI is InChI=1S/C28H22F3N3O4S/c1-17-13-18(2)34(33-17)25-12-9-21(20-5-4-6-23(14-20)39(3,35)36)15-24(25)27-26(32-16-37-27)19-7-10-22(11-8-19)38-28(29,30)31/h4-16H,1-3H3. The molecule has 0 saturated carbocycles. The van der Waals surface area contributed by atoms with E-state index in [2.05, 4.69) is 14.8 Å². The zero-order valence-corrected chi connectivity index (χ0v) is 21.8. The molecule has 0 radical (unpaired) electrons. The third-order valence-corrected chi connectivity index (χ3v) is 7.11. The molecule has 0 aliphatic carbocycles. The number of rotatable bonds is 6. The highest BCUT2D eigenvalue weighted by atomic mass is 32.2. The van der Waals surface area contributed by atoms with Gasteiger partial charge in [0.1, 0.15) is 11.4 Å². The lowest BCUT2D eigenvalue weighted by Crippen LogP contribution is -2.16. The average Bonchev–Trinajstić information content (AvgIpc) is 3.49. The quantitative estimate of drug-likeness (QED) is 0.230. The largest absolute Gasteiger partial charge is 0.573 e. The number of alkyl halides is 3. The van der Waals surface area contributed by atoms with Gasteiger partial charge in [-0.25, -0.2) is 18.1 Å². The molecule has 0 N–H and O–H groups in total. The van der Waals surface area contributed by atoms with Crippen LogP contribution in [0.25, 0.3) is 39.4 Å². The lowest BCUT2D eigenvalue weighted by molar-refractivity contribution is -0.274. The summed E-state index contributed by atoms with van der Waals surface area (Å²) in [5.41, 5.74) is 5.27. The first kappa shape index (κ1) is 26.2. The summed E-state index contributed by atoms with van der Waals surface area (Å²) < 4.78 is 73.7. The molecule has 39 heavy (non-hydrogen) atoms. The lowest BCUT2D eigenvalue weighted by atomic mass is 9.98. The molecule has 200 valence electrons. The smallest absolute Gasteiger partial charge is 0.443 e. The topological polar surface area (TPSA) is 87.2 Å². The van der Waals surface area contributed by atoms with E-state index in [9.17, 15) is 21.6 Å². The molecule has 0 bridgehead atoms. The van der Waals surface area contributed by atoms with Crippen LogP contribution in [0.4, 0.5) is 13.2 Å². The third kappa shape index (κ3) is 5.58. The van der Waals surface area contributed by atoms with Gasteiger partial charge in [-0.3, -0.25) is 0 Å². The van der Waals surface area contributed by atoms with Crippen molar-refractivity contribution in [3.8, 4) is 45.1 Å². The summed E-state index contributed by atoms with van der Waals surface area (Å²) in [6.45, 7) is 3.78. The Hall–Kier alpha value is -4.38. The molecular formula is C28H22F3N3O4S. The monoisotopic (exact) mass is 553 g/mol. The summed E-state index contributed by atoms with van der Waals surface area (Å²) in [6, 6.07) is 19.4. The number of nitrogens with zero attached hydrogens (tertiary/aromatic N) is 3. The van der Waals surface area contributed by atoms with Crippen LogP contribution >= 0.6 is 0 Å². The van der Waals surface area contributed by atoms with E-state index in [0.29, 0.717) is 33.8 Å². The van der Waals surface area contributed by atoms with Crippen LogP contribution in [0.15, 0.2) is 88.5 Å². The van der Waals surface area contributed by atoms with Crippen molar-refractivity contribution < 1.29 is 30.7 Å². The number of oxazole rings is 1. The minimum absolute atomic E-state index is 0.186. The Bertz CT molecular complexity index is 1770. The molecule has 0 unspecified atom stereocenters. The molecule has 0 spiro atoms. The molecule has 5 rings (SSSR count). The summed E-state index contributed by atoms with van der Waals surface area (Å²) in [7, 11) is -3.42. The van der Waals surface area contributed by atoms with E-state index in [4.69, 9.17) is 4.42 Å². The summed E-state index contributed by atoms with van der Waals surface area (Å²) in [4.78, 5) is 4.53. The van der Waals surface area contributed by atoms with Gasteiger partial charge in [-0.05, 0) is 79.6 Å². The fraction of sp³-hybridized carbons (Fsp3) is 0.143. The van der Waals surface area contributed by atoms with Crippen molar-refractivity contribution in [3.63, 3.8) is 0 Å². The van der Waals surface area contributed by atoms with Crippen molar-refractivity contribution in [1.29, 1.82) is 0 Å². The predicted octanol–water partition coefficient (Wildman–Crippen LogP) is 6.78. The SMILES string of the molecule is Cc1cc(C)n(-c2ccc(-c3cccc(S(C)(=O)=O)c3)cc2-c2ocnc2-c2ccc(OC(F)(F)F)cc2)n1. The number of sulfone groups is 1. The summed E-state index contributed by atoms with van der Waals surface area (Å²) in [5, 5.41) is 4.60. The van der Waals surface area contributed by atoms with Gasteiger partial charge >= 0.3 is 6.36 Å². The Balaban J connectivity index is 1.66. The van der Waals surface area contributed by atoms with E-state index in [0.717, 1.165) is 23.2 Å². The second kappa shape index (κ2) is 9.73. The minimum Gasteiger partial charge on any atom is -0.443 e. The maximum atomic E-state index is 12.6. The molecule has 0 amide bonds. The molecule has 0 saturated heterocycles. The van der Waals surface area contributed by atoms with Crippen LogP contribution in [0, 0.1) is 13.8 Å². The third-order valence-electron chi connectivity index (χ3n) is 6.00. The number of hydrogen-bond acceptors (Lipinski definition) is 6. The van der Waals surface area contributed by atoms with Gasteiger partial charge in [0.15, 0.2) is 22.0 Å². The van der Waals surface area contributed by atoms with Gasteiger partial charge in [-0.15, -0.1) is 13.2 Å². The number of aromatic nitrogens is 3. The van der Waals surface area contributed by atoms with Crippen LogP contribution in [0.5, 0.6) is 5.75 Å². The first-order chi connectivity index (χ1) is 18.4. The minimum atomic E-state index is -4.80. The first-order valence-corrected chi connectivity index (χ1v) is 13.6. The zero-order valence-electron chi connectivity index (χ0n) is 21.0. The van der Waals surface area contributed by atoms with Crippen LogP contribution in [-0.2, 0) is 9.84 Å². The van der Waals surface area contributed by atoms with Gasteiger partial charge in [-0.2, -0.15) is 5.10 Å². The highest BCUT2D eigenvalue weighted by Gasteiger charge is 2.31. The number of benzene rings is 3. The second-order valence-electron chi connectivity index (χ2n) is 8.97. The van der Waals surface area contributed by atoms with Crippen LogP contribution in [-0.4, -0.2) is 35.8 Å². The highest BCUT2D eigenvalue weighted by molar-refractivity contribution is 7.90. The van der Waals surface area contributed by atoms with Crippen molar-refractivity contribution >= 4 is 9.84 Å². The van der Waals surface area contributed by atoms with Gasteiger partial charge < -0.3 is 9.15 Å². The Morgan fingerprint density at radius 3 is 2.23 bits per heavy atom. The van der Waals surface area contributed by atoms with E-state index in [1.54, 1.807) is 22.9 Å². The fourth-order valence-electron chi connectivity index (χ4n) is 4.32. The van der Waals surface area contributed by atoms with E-state index in [-0.39, 0.29) is 10.6 Å². The second-order valence-corrected chi connectivity index (χ2v) is 11.0. The van der Waals surface area contributed by atoms with Crippen LogP contribution in [0.1, 0.15) is 11.4 Å². The van der Waals surface area contributed by atoms with Gasteiger partial charge in [0.05, 0.1) is 16.3 Å². The Morgan fingerprint density at radius 1 is 0.897 bits per heavy atom. The maximum absolute atomic E-state index is 12.6. The van der Waals surface area contributed by atoms with Crippen molar-refractivity contribution in [1.82, 2.24) is 14.8 Å². The Morgan fingerprint density at radius 2 is 1.59 bits per heavy atom. The van der Waals surface area contributed by atoms with E-state index >= 15 is 0 Å². The number of ether oxygens (including phenoxy) is 1. The van der Waals surface area contributed by atoms with Crippen LogP contribution < -0.4 is 4.74 Å². The summed E-state index contributed by atoms with van der Waals surface area (Å²) in [6.07, 6.45) is -2.40. The molecule has 0 atom stereocenters. The predicted molar refractivity (Wildman–Crippen MR) is 139 cm³/mol. The molecule has 0 aliphatic heterocycles. The molecule has 5 aromatic rings. The van der Waals surface area contributed by atoms with Gasteiger partial charge in [0, 0.05) is 23.1 Å². The normalized spacial score (nSPS) is 12.1. The van der Waals surface area contributed by atoms with Crippen LogP contribution in [0.3, 0.4) is 0 Å². The van der Waals surface area contributed by atoms with Crippen molar-refractivity contribution in [2.45, 2.75) is 25.1 Å². The molecule has 7 nitrogen and oxygen atoms in total. The number of aryl methyl sites for hydroxylation is 2. The zero-order chi connectivity index (χ0) is 27.9. The fourth-order valence-corrected chi connectivity index (χ4v) is 4.99. The van der Waals surface area contributed by atoms with Crippen molar-refractivity contribution in [2.75, 3.05) is 6.26 Å². The first-order valence-electron chi connectivity index (χ1n) is 11.7. The van der Waals surface area contributed by atoms with E-state index in [1.165, 1.54) is 36.7 Å². The molecule has 0 aliphatic rings. The van der Waals surface area contributed by atoms with Gasteiger partial charge in [0.25, 0.3) is 0 Å². The van der Waals surface area contributed by atoms with Crippen molar-refractivity contribution in [2.24, 2.45) is 0 Å². The van der Waals surface area contributed by atoms with Gasteiger partial charge in [0.2, 0.25) is 0 Å². The van der Waals surface area contributed by atoms with Crippen LogP contribution in [0.2, 0.25) is 0 Å². The number of halogens is 3. The molecule has 3 aromatic carbocycles. The molecule has 2 heterocycles. The van der Waals surface area contributed by atoms with Gasteiger partial charge in [-0.1, -0.05) is 18.2 Å². The molecule has 11 heteroatoms. The summed E-state index contributed by atoms with van der Waals surface area (Å²) >= 11 is 0. The number of hydrogen-bond donors (Lipinski definition) is 0.